The Morgan fingerprint density at radius 3 is 2.62 bits per heavy atom. The second kappa shape index (κ2) is 9.99. The second-order valence-electron chi connectivity index (χ2n) is 10.1. The SMILES string of the molecule is CC(O)CN(C(=O)[C@H]1O[C@@H](n2cc(-c3ccn(C)n3)c3c(N)ncnc32)[C@H](O)[C@@H]1O)C1CCN(C)CC1. The summed E-state index contributed by atoms with van der Waals surface area (Å²) in [5.74, 6) is -0.226. The predicted octanol–water partition coefficient (Wildman–Crippen LogP) is -0.663. The van der Waals surface area contributed by atoms with E-state index in [2.05, 4.69) is 20.0 Å². The van der Waals surface area contributed by atoms with Crippen LogP contribution in [0.25, 0.3) is 22.3 Å². The highest BCUT2D eigenvalue weighted by Crippen LogP contribution is 2.38. The number of carbonyl (C=O) groups excluding carboxylic acids is 1. The number of ether oxygens (including phenoxy) is 1. The van der Waals surface area contributed by atoms with E-state index in [0.29, 0.717) is 22.3 Å². The molecule has 2 aliphatic rings. The number of piperidine rings is 1. The number of carbonyl (C=O) groups is 1. The summed E-state index contributed by atoms with van der Waals surface area (Å²) in [4.78, 5) is 25.9. The molecule has 5 rings (SSSR count). The quantitative estimate of drug-likeness (QED) is 0.331. The van der Waals surface area contributed by atoms with Gasteiger partial charge in [0.05, 0.1) is 17.2 Å². The molecule has 3 aromatic heterocycles. The molecule has 0 spiro atoms. The number of amides is 1. The third kappa shape index (κ3) is 4.68. The molecule has 0 radical (unpaired) electrons. The second-order valence-corrected chi connectivity index (χ2v) is 10.1. The summed E-state index contributed by atoms with van der Waals surface area (Å²) in [6, 6.07) is 1.72. The van der Waals surface area contributed by atoms with Crippen LogP contribution in [0.15, 0.2) is 24.8 Å². The molecule has 5 N–H and O–H groups in total. The molecule has 0 aliphatic carbocycles. The molecule has 3 aromatic rings. The van der Waals surface area contributed by atoms with E-state index in [1.54, 1.807) is 40.5 Å². The van der Waals surface area contributed by atoms with Crippen LogP contribution in [-0.2, 0) is 16.6 Å². The molecule has 2 aliphatic heterocycles. The maximum atomic E-state index is 13.7. The largest absolute Gasteiger partial charge is 0.392 e. The van der Waals surface area contributed by atoms with Gasteiger partial charge < -0.3 is 40.2 Å². The first-order valence-electron chi connectivity index (χ1n) is 12.5. The molecule has 37 heavy (non-hydrogen) atoms. The Kier molecular flexibility index (Phi) is 6.89. The standard InChI is InChI=1S/C24H34N8O5/c1-13(33)10-31(14-4-7-29(2)8-5-14)23(36)20-18(34)19(35)24(37-20)32-11-15(16-6-9-30(3)28-16)17-21(25)26-12-27-22(17)32/h6,9,11-14,18-20,24,33-35H,4-5,7-8,10H2,1-3H3,(H2,25,26,27)/t13?,18-,19+,20-,24+/m0/s1. The molecule has 13 nitrogen and oxygen atoms in total. The topological polar surface area (TPSA) is 168 Å². The number of aryl methyl sites for hydroxylation is 1. The van der Waals surface area contributed by atoms with Gasteiger partial charge in [-0.15, -0.1) is 0 Å². The summed E-state index contributed by atoms with van der Waals surface area (Å²) in [5.41, 5.74) is 7.83. The number of nitrogen functional groups attached to an aromatic ring is 1. The molecule has 13 heteroatoms. The van der Waals surface area contributed by atoms with Crippen molar-refractivity contribution in [1.29, 1.82) is 0 Å². The van der Waals surface area contributed by atoms with Crippen LogP contribution in [0.1, 0.15) is 26.0 Å². The van der Waals surface area contributed by atoms with Gasteiger partial charge in [-0.1, -0.05) is 0 Å². The maximum absolute atomic E-state index is 13.7. The van der Waals surface area contributed by atoms with Crippen molar-refractivity contribution < 1.29 is 24.9 Å². The van der Waals surface area contributed by atoms with Gasteiger partial charge in [-0.2, -0.15) is 5.10 Å². The van der Waals surface area contributed by atoms with Crippen LogP contribution in [-0.4, -0.2) is 112 Å². The van der Waals surface area contributed by atoms with Crippen molar-refractivity contribution in [2.45, 2.75) is 56.5 Å². The molecule has 1 unspecified atom stereocenters. The summed E-state index contributed by atoms with van der Waals surface area (Å²) in [7, 11) is 3.82. The van der Waals surface area contributed by atoms with E-state index in [1.165, 1.54) is 6.33 Å². The molecular weight excluding hydrogens is 480 g/mol. The van der Waals surface area contributed by atoms with Crippen LogP contribution in [0.5, 0.6) is 0 Å². The lowest BCUT2D eigenvalue weighted by atomic mass is 10.0. The molecule has 5 atom stereocenters. The highest BCUT2D eigenvalue weighted by molar-refractivity contribution is 5.99. The fourth-order valence-corrected chi connectivity index (χ4v) is 5.32. The Balaban J connectivity index is 1.48. The van der Waals surface area contributed by atoms with Crippen molar-refractivity contribution in [3.63, 3.8) is 0 Å². The first kappa shape index (κ1) is 25.5. The zero-order valence-electron chi connectivity index (χ0n) is 21.2. The van der Waals surface area contributed by atoms with Crippen LogP contribution in [0, 0.1) is 0 Å². The Hall–Kier alpha value is -3.10. The van der Waals surface area contributed by atoms with Gasteiger partial charge in [-0.3, -0.25) is 9.48 Å². The molecular formula is C24H34N8O5. The van der Waals surface area contributed by atoms with Crippen LogP contribution < -0.4 is 5.73 Å². The van der Waals surface area contributed by atoms with Gasteiger partial charge in [0, 0.05) is 37.6 Å². The molecule has 200 valence electrons. The van der Waals surface area contributed by atoms with Gasteiger partial charge in [0.1, 0.15) is 30.0 Å². The number of nitrogens with two attached hydrogens (primary N) is 1. The van der Waals surface area contributed by atoms with E-state index in [-0.39, 0.29) is 18.4 Å². The van der Waals surface area contributed by atoms with Crippen molar-refractivity contribution in [2.75, 3.05) is 32.4 Å². The minimum absolute atomic E-state index is 0.0963. The molecule has 2 saturated heterocycles. The summed E-state index contributed by atoms with van der Waals surface area (Å²) in [5, 5.41) is 37.1. The number of rotatable bonds is 6. The zero-order valence-corrected chi connectivity index (χ0v) is 21.2. The monoisotopic (exact) mass is 514 g/mol. The van der Waals surface area contributed by atoms with E-state index in [9.17, 15) is 20.1 Å². The van der Waals surface area contributed by atoms with Crippen molar-refractivity contribution in [3.8, 4) is 11.3 Å². The van der Waals surface area contributed by atoms with Gasteiger partial charge in [0.15, 0.2) is 12.3 Å². The average molecular weight is 515 g/mol. The number of fused-ring (bicyclic) bond motifs is 1. The number of aliphatic hydroxyl groups excluding tert-OH is 3. The zero-order chi connectivity index (χ0) is 26.4. The number of anilines is 1. The van der Waals surface area contributed by atoms with E-state index in [1.807, 2.05) is 13.1 Å². The van der Waals surface area contributed by atoms with E-state index >= 15 is 0 Å². The summed E-state index contributed by atoms with van der Waals surface area (Å²) < 4.78 is 9.28. The lowest BCUT2D eigenvalue weighted by molar-refractivity contribution is -0.153. The van der Waals surface area contributed by atoms with Crippen molar-refractivity contribution in [2.24, 2.45) is 7.05 Å². The van der Waals surface area contributed by atoms with E-state index < -0.39 is 36.6 Å². The lowest BCUT2D eigenvalue weighted by Gasteiger charge is -2.39. The van der Waals surface area contributed by atoms with Crippen LogP contribution >= 0.6 is 0 Å². The highest BCUT2D eigenvalue weighted by atomic mass is 16.6. The summed E-state index contributed by atoms with van der Waals surface area (Å²) in [6.45, 7) is 3.37. The smallest absolute Gasteiger partial charge is 0.254 e. The van der Waals surface area contributed by atoms with Gasteiger partial charge in [-0.05, 0) is 46.0 Å². The summed E-state index contributed by atoms with van der Waals surface area (Å²) >= 11 is 0. The minimum atomic E-state index is -1.48. The molecule has 2 fully saturated rings. The third-order valence-corrected chi connectivity index (χ3v) is 7.26. The number of likely N-dealkylation sites (tertiary alicyclic amines) is 1. The minimum Gasteiger partial charge on any atom is -0.392 e. The first-order valence-corrected chi connectivity index (χ1v) is 12.5. The maximum Gasteiger partial charge on any atom is 0.254 e. The Morgan fingerprint density at radius 1 is 1.24 bits per heavy atom. The predicted molar refractivity (Wildman–Crippen MR) is 134 cm³/mol. The Morgan fingerprint density at radius 2 is 1.97 bits per heavy atom. The van der Waals surface area contributed by atoms with Crippen LogP contribution in [0.2, 0.25) is 0 Å². The van der Waals surface area contributed by atoms with Crippen molar-refractivity contribution >= 4 is 22.8 Å². The van der Waals surface area contributed by atoms with Gasteiger partial charge in [0.25, 0.3) is 5.91 Å². The van der Waals surface area contributed by atoms with Crippen molar-refractivity contribution in [1.82, 2.24) is 34.1 Å². The number of hydrogen-bond donors (Lipinski definition) is 4. The molecule has 5 heterocycles. The fraction of sp³-hybridized carbons (Fsp3) is 0.583. The average Bonchev–Trinajstić information content (AvgIpc) is 3.54. The third-order valence-electron chi connectivity index (χ3n) is 7.26. The lowest BCUT2D eigenvalue weighted by Crippen LogP contribution is -2.54. The molecule has 0 bridgehead atoms. The van der Waals surface area contributed by atoms with Crippen molar-refractivity contribution in [3.05, 3.63) is 24.8 Å². The molecule has 1 amide bonds. The van der Waals surface area contributed by atoms with Gasteiger partial charge in [-0.25, -0.2) is 9.97 Å². The van der Waals surface area contributed by atoms with E-state index in [0.717, 1.165) is 25.9 Å². The van der Waals surface area contributed by atoms with Crippen LogP contribution in [0.4, 0.5) is 5.82 Å². The van der Waals surface area contributed by atoms with Crippen LogP contribution in [0.3, 0.4) is 0 Å². The summed E-state index contributed by atoms with van der Waals surface area (Å²) in [6.07, 6.45) is 0.216. The molecule has 0 aromatic carbocycles. The van der Waals surface area contributed by atoms with E-state index in [4.69, 9.17) is 10.5 Å². The number of nitrogens with zero attached hydrogens (tertiary/aromatic N) is 7. The number of hydrogen-bond acceptors (Lipinski definition) is 10. The Bertz CT molecular complexity index is 1270. The van der Waals surface area contributed by atoms with Gasteiger partial charge in [0.2, 0.25) is 0 Å². The fourth-order valence-electron chi connectivity index (χ4n) is 5.32. The number of aromatic nitrogens is 5. The first-order chi connectivity index (χ1) is 17.7. The normalized spacial score (nSPS) is 26.1. The van der Waals surface area contributed by atoms with Gasteiger partial charge >= 0.3 is 0 Å². The molecule has 0 saturated carbocycles. The Labute approximate surface area is 214 Å². The highest BCUT2D eigenvalue weighted by Gasteiger charge is 2.50. The number of aliphatic hydroxyl groups is 3.